The number of fused-ring (bicyclic) bond motifs is 4. The van der Waals surface area contributed by atoms with E-state index in [0.717, 1.165) is 11.9 Å². The molecule has 0 aliphatic heterocycles. The fourth-order valence-electron chi connectivity index (χ4n) is 3.93. The molecule has 0 saturated heterocycles. The van der Waals surface area contributed by atoms with Crippen LogP contribution in [0.3, 0.4) is 0 Å². The predicted octanol–water partition coefficient (Wildman–Crippen LogP) is 4.11. The SMILES string of the molecule is CCn1c2ccc(O)cc2c2c(C)c3c[n+](C)ccc3c(C)c21. The Morgan fingerprint density at radius 1 is 1.04 bits per heavy atom. The first-order valence-electron chi connectivity index (χ1n) is 8.06. The molecule has 3 nitrogen and oxygen atoms in total. The number of nitrogens with zero attached hydrogens (tertiary/aromatic N) is 2. The first-order chi connectivity index (χ1) is 11.0. The lowest BCUT2D eigenvalue weighted by molar-refractivity contribution is -0.670. The number of aromatic nitrogens is 2. The van der Waals surface area contributed by atoms with Gasteiger partial charge in [-0.3, -0.25) is 0 Å². The Balaban J connectivity index is 2.38. The molecule has 0 aliphatic rings. The maximum Gasteiger partial charge on any atom is 0.176 e. The van der Waals surface area contributed by atoms with E-state index in [1.54, 1.807) is 6.07 Å². The van der Waals surface area contributed by atoms with E-state index >= 15 is 0 Å². The van der Waals surface area contributed by atoms with Crippen molar-refractivity contribution in [2.24, 2.45) is 7.05 Å². The number of aryl methyl sites for hydroxylation is 4. The predicted molar refractivity (Wildman–Crippen MR) is 94.9 cm³/mol. The van der Waals surface area contributed by atoms with Crippen molar-refractivity contribution in [3.63, 3.8) is 0 Å². The van der Waals surface area contributed by atoms with Crippen molar-refractivity contribution >= 4 is 32.6 Å². The van der Waals surface area contributed by atoms with Crippen molar-refractivity contribution in [3.8, 4) is 5.75 Å². The highest BCUT2D eigenvalue weighted by atomic mass is 16.3. The van der Waals surface area contributed by atoms with E-state index in [9.17, 15) is 5.11 Å². The van der Waals surface area contributed by atoms with Crippen LogP contribution in [0.25, 0.3) is 32.6 Å². The lowest BCUT2D eigenvalue weighted by Gasteiger charge is -2.10. The molecule has 4 rings (SSSR count). The van der Waals surface area contributed by atoms with Gasteiger partial charge < -0.3 is 9.67 Å². The normalized spacial score (nSPS) is 11.8. The van der Waals surface area contributed by atoms with Gasteiger partial charge >= 0.3 is 0 Å². The van der Waals surface area contributed by atoms with Crippen LogP contribution in [0.4, 0.5) is 0 Å². The topological polar surface area (TPSA) is 29.0 Å². The Bertz CT molecular complexity index is 1090. The summed E-state index contributed by atoms with van der Waals surface area (Å²) in [6, 6.07) is 7.90. The van der Waals surface area contributed by atoms with Crippen molar-refractivity contribution in [3.05, 3.63) is 47.8 Å². The summed E-state index contributed by atoms with van der Waals surface area (Å²) in [4.78, 5) is 0. The smallest absolute Gasteiger partial charge is 0.176 e. The molecule has 0 bridgehead atoms. The van der Waals surface area contributed by atoms with Gasteiger partial charge in [-0.2, -0.15) is 0 Å². The average molecular weight is 305 g/mol. The summed E-state index contributed by atoms with van der Waals surface area (Å²) in [6.07, 6.45) is 4.29. The number of hydrogen-bond donors (Lipinski definition) is 1. The molecule has 0 radical (unpaired) electrons. The summed E-state index contributed by atoms with van der Waals surface area (Å²) >= 11 is 0. The number of phenols is 1. The molecule has 0 fully saturated rings. The molecule has 4 aromatic rings. The zero-order valence-corrected chi connectivity index (χ0v) is 14.0. The Morgan fingerprint density at radius 3 is 2.57 bits per heavy atom. The van der Waals surface area contributed by atoms with Crippen LogP contribution in [0.15, 0.2) is 36.7 Å². The number of benzene rings is 2. The number of rotatable bonds is 1. The van der Waals surface area contributed by atoms with Crippen LogP contribution >= 0.6 is 0 Å². The molecule has 1 N–H and O–H groups in total. The molecule has 0 aliphatic carbocycles. The van der Waals surface area contributed by atoms with Crippen molar-refractivity contribution in [1.29, 1.82) is 0 Å². The largest absolute Gasteiger partial charge is 0.508 e. The molecule has 0 amide bonds. The summed E-state index contributed by atoms with van der Waals surface area (Å²) < 4.78 is 4.45. The van der Waals surface area contributed by atoms with Crippen LogP contribution in [0, 0.1) is 13.8 Å². The van der Waals surface area contributed by atoms with E-state index < -0.39 is 0 Å². The van der Waals surface area contributed by atoms with Crippen LogP contribution in [0.5, 0.6) is 5.75 Å². The second-order valence-electron chi connectivity index (χ2n) is 6.36. The van der Waals surface area contributed by atoms with Gasteiger partial charge in [-0.25, -0.2) is 4.57 Å². The molecular formula is C20H21N2O+. The van der Waals surface area contributed by atoms with Crippen LogP contribution < -0.4 is 4.57 Å². The second kappa shape index (κ2) is 4.72. The minimum absolute atomic E-state index is 0.323. The van der Waals surface area contributed by atoms with Gasteiger partial charge in [0.05, 0.1) is 5.52 Å². The third kappa shape index (κ3) is 1.79. The van der Waals surface area contributed by atoms with Gasteiger partial charge in [0.1, 0.15) is 12.8 Å². The van der Waals surface area contributed by atoms with Gasteiger partial charge in [0, 0.05) is 34.3 Å². The highest BCUT2D eigenvalue weighted by molar-refractivity contribution is 6.17. The molecular weight excluding hydrogens is 284 g/mol. The summed E-state index contributed by atoms with van der Waals surface area (Å²) in [5, 5.41) is 14.9. The lowest BCUT2D eigenvalue weighted by Crippen LogP contribution is -2.26. The molecule has 0 saturated carbocycles. The fraction of sp³-hybridized carbons (Fsp3) is 0.250. The summed E-state index contributed by atoms with van der Waals surface area (Å²) in [5.41, 5.74) is 5.05. The quantitative estimate of drug-likeness (QED) is 0.527. The van der Waals surface area contributed by atoms with Gasteiger partial charge in [0.2, 0.25) is 0 Å². The second-order valence-corrected chi connectivity index (χ2v) is 6.36. The minimum atomic E-state index is 0.323. The third-order valence-electron chi connectivity index (χ3n) is 5.00. The van der Waals surface area contributed by atoms with Crippen LogP contribution in [0.1, 0.15) is 18.1 Å². The van der Waals surface area contributed by atoms with Crippen molar-refractivity contribution in [2.45, 2.75) is 27.3 Å². The number of hydrogen-bond acceptors (Lipinski definition) is 1. The van der Waals surface area contributed by atoms with Crippen LogP contribution in [-0.4, -0.2) is 9.67 Å². The molecule has 2 aromatic carbocycles. The van der Waals surface area contributed by atoms with Crippen molar-refractivity contribution < 1.29 is 9.67 Å². The fourth-order valence-corrected chi connectivity index (χ4v) is 3.93. The molecule has 0 unspecified atom stereocenters. The van der Waals surface area contributed by atoms with Crippen molar-refractivity contribution in [2.75, 3.05) is 0 Å². The maximum atomic E-state index is 9.98. The first-order valence-corrected chi connectivity index (χ1v) is 8.06. The highest BCUT2D eigenvalue weighted by Gasteiger charge is 2.19. The number of pyridine rings is 1. The molecule has 0 spiro atoms. The van der Waals surface area contributed by atoms with Gasteiger partial charge in [-0.15, -0.1) is 0 Å². The number of aromatic hydroxyl groups is 1. The zero-order valence-electron chi connectivity index (χ0n) is 14.0. The van der Waals surface area contributed by atoms with Gasteiger partial charge in [0.15, 0.2) is 12.4 Å². The van der Waals surface area contributed by atoms with E-state index in [1.165, 1.54) is 38.3 Å². The van der Waals surface area contributed by atoms with E-state index in [4.69, 9.17) is 0 Å². The minimum Gasteiger partial charge on any atom is -0.508 e. The van der Waals surface area contributed by atoms with Crippen molar-refractivity contribution in [1.82, 2.24) is 4.57 Å². The van der Waals surface area contributed by atoms with E-state index in [0.29, 0.717) is 5.75 Å². The Morgan fingerprint density at radius 2 is 1.83 bits per heavy atom. The van der Waals surface area contributed by atoms with E-state index in [-0.39, 0.29) is 0 Å². The molecule has 3 heteroatoms. The molecule has 116 valence electrons. The molecule has 0 atom stereocenters. The first kappa shape index (κ1) is 14.1. The molecule has 2 aromatic heterocycles. The Kier molecular flexibility index (Phi) is 2.89. The van der Waals surface area contributed by atoms with Gasteiger partial charge in [-0.05, 0) is 55.5 Å². The maximum absolute atomic E-state index is 9.98. The average Bonchev–Trinajstić information content (AvgIpc) is 2.86. The Hall–Kier alpha value is -2.55. The third-order valence-corrected chi connectivity index (χ3v) is 5.00. The zero-order chi connectivity index (χ0) is 16.3. The van der Waals surface area contributed by atoms with Crippen LogP contribution in [-0.2, 0) is 13.6 Å². The standard InChI is InChI=1S/C20H20N2O/c1-5-22-18-7-6-14(23)10-16(18)19-12(2)17-11-21(4)9-8-15(17)13(3)20(19)22/h6-11H,5H2,1-4H3/p+1. The molecule has 2 heterocycles. The molecule has 23 heavy (non-hydrogen) atoms. The van der Waals surface area contributed by atoms with E-state index in [1.807, 2.05) is 12.1 Å². The summed E-state index contributed by atoms with van der Waals surface area (Å²) in [5.74, 6) is 0.323. The number of phenolic OH excluding ortho intramolecular Hbond substituents is 1. The van der Waals surface area contributed by atoms with E-state index in [2.05, 4.69) is 55.4 Å². The van der Waals surface area contributed by atoms with Gasteiger partial charge in [-0.1, -0.05) is 0 Å². The summed E-state index contributed by atoms with van der Waals surface area (Å²) in [6.45, 7) is 7.48. The van der Waals surface area contributed by atoms with Crippen LogP contribution in [0.2, 0.25) is 0 Å². The monoisotopic (exact) mass is 305 g/mol. The lowest BCUT2D eigenvalue weighted by atomic mass is 9.97. The Labute approximate surface area is 135 Å². The summed E-state index contributed by atoms with van der Waals surface area (Å²) in [7, 11) is 2.06. The van der Waals surface area contributed by atoms with Gasteiger partial charge in [0.25, 0.3) is 0 Å². The highest BCUT2D eigenvalue weighted by Crippen LogP contribution is 2.39.